The number of sulfone groups is 1. The first-order chi connectivity index (χ1) is 6.35. The molecule has 0 aromatic heterocycles. The summed E-state index contributed by atoms with van der Waals surface area (Å²) in [5.74, 6) is -0.586. The lowest BCUT2D eigenvalue weighted by Crippen LogP contribution is -2.57. The van der Waals surface area contributed by atoms with E-state index in [0.717, 1.165) is 19.1 Å². The summed E-state index contributed by atoms with van der Waals surface area (Å²) >= 11 is 0. The molecule has 2 aliphatic rings. The minimum Gasteiger partial charge on any atom is -0.468 e. The number of hydrogen-bond donors (Lipinski definition) is 0. The van der Waals surface area contributed by atoms with Crippen LogP contribution in [0.1, 0.15) is 25.7 Å². The van der Waals surface area contributed by atoms with Gasteiger partial charge in [-0.05, 0) is 31.1 Å². The fraction of sp³-hybridized carbons (Fsp3) is 0.889. The van der Waals surface area contributed by atoms with E-state index in [1.165, 1.54) is 7.11 Å². The van der Waals surface area contributed by atoms with Crippen molar-refractivity contribution in [3.8, 4) is 0 Å². The Morgan fingerprint density at radius 2 is 1.79 bits per heavy atom. The van der Waals surface area contributed by atoms with E-state index in [4.69, 9.17) is 0 Å². The standard InChI is InChI=1S/C9H14O4S/c1-13-7(10)9(14(2,11)12)5-8(6-9)3-4-8/h3-6H2,1-2H3. The monoisotopic (exact) mass is 218 g/mol. The van der Waals surface area contributed by atoms with Crippen LogP contribution in [0.5, 0.6) is 0 Å². The predicted octanol–water partition coefficient (Wildman–Crippen LogP) is 0.517. The van der Waals surface area contributed by atoms with Gasteiger partial charge in [0.05, 0.1) is 7.11 Å². The molecule has 0 heterocycles. The Bertz CT molecular complexity index is 370. The largest absolute Gasteiger partial charge is 0.468 e. The molecule has 1 spiro atoms. The van der Waals surface area contributed by atoms with E-state index in [-0.39, 0.29) is 5.41 Å². The highest BCUT2D eigenvalue weighted by atomic mass is 32.2. The molecule has 2 saturated carbocycles. The van der Waals surface area contributed by atoms with Crippen LogP contribution in [0, 0.1) is 5.41 Å². The predicted molar refractivity (Wildman–Crippen MR) is 50.5 cm³/mol. The minimum absolute atomic E-state index is 0.164. The number of hydrogen-bond acceptors (Lipinski definition) is 4. The molecule has 14 heavy (non-hydrogen) atoms. The molecular formula is C9H14O4S. The number of carbonyl (C=O) groups excluding carboxylic acids is 1. The van der Waals surface area contributed by atoms with Crippen molar-refractivity contribution in [1.82, 2.24) is 0 Å². The molecule has 0 amide bonds. The Morgan fingerprint density at radius 3 is 2.07 bits per heavy atom. The Morgan fingerprint density at radius 1 is 1.29 bits per heavy atom. The SMILES string of the molecule is COC(=O)C1(S(C)(=O)=O)CC2(CC2)C1. The first-order valence-electron chi connectivity index (χ1n) is 4.63. The lowest BCUT2D eigenvalue weighted by molar-refractivity contribution is -0.148. The summed E-state index contributed by atoms with van der Waals surface area (Å²) < 4.78 is 26.5. The van der Waals surface area contributed by atoms with Crippen LogP contribution in [0.3, 0.4) is 0 Å². The first-order valence-corrected chi connectivity index (χ1v) is 6.52. The van der Waals surface area contributed by atoms with Crippen molar-refractivity contribution in [1.29, 1.82) is 0 Å². The Hall–Kier alpha value is -0.580. The molecular weight excluding hydrogens is 204 g/mol. The maximum atomic E-state index is 11.6. The van der Waals surface area contributed by atoms with Crippen LogP contribution in [-0.4, -0.2) is 32.5 Å². The van der Waals surface area contributed by atoms with Crippen molar-refractivity contribution >= 4 is 15.8 Å². The first kappa shape index (κ1) is 9.96. The van der Waals surface area contributed by atoms with Gasteiger partial charge in [0, 0.05) is 6.26 Å². The van der Waals surface area contributed by atoms with E-state index in [9.17, 15) is 13.2 Å². The number of methoxy groups -OCH3 is 1. The van der Waals surface area contributed by atoms with Gasteiger partial charge in [0.25, 0.3) is 0 Å². The number of rotatable bonds is 2. The molecule has 0 aliphatic heterocycles. The summed E-state index contributed by atoms with van der Waals surface area (Å²) in [6.07, 6.45) is 4.17. The van der Waals surface area contributed by atoms with Crippen molar-refractivity contribution < 1.29 is 17.9 Å². The van der Waals surface area contributed by atoms with Crippen molar-refractivity contribution in [3.63, 3.8) is 0 Å². The van der Waals surface area contributed by atoms with Crippen molar-refractivity contribution in [2.75, 3.05) is 13.4 Å². The van der Waals surface area contributed by atoms with E-state index in [1.54, 1.807) is 0 Å². The Balaban J connectivity index is 2.29. The van der Waals surface area contributed by atoms with Crippen molar-refractivity contribution in [2.45, 2.75) is 30.4 Å². The van der Waals surface area contributed by atoms with E-state index in [1.807, 2.05) is 0 Å². The molecule has 4 nitrogen and oxygen atoms in total. The molecule has 2 fully saturated rings. The van der Waals surface area contributed by atoms with Gasteiger partial charge in [-0.25, -0.2) is 8.42 Å². The summed E-state index contributed by atoms with van der Waals surface area (Å²) in [7, 11) is -2.10. The second-order valence-electron chi connectivity index (χ2n) is 4.61. The normalized spacial score (nSPS) is 26.7. The van der Waals surface area contributed by atoms with Gasteiger partial charge < -0.3 is 4.74 Å². The number of esters is 1. The molecule has 0 aromatic rings. The fourth-order valence-corrected chi connectivity index (χ4v) is 3.96. The fourth-order valence-electron chi connectivity index (χ4n) is 2.43. The summed E-state index contributed by atoms with van der Waals surface area (Å²) in [5.41, 5.74) is 0.164. The third-order valence-corrected chi connectivity index (χ3v) is 5.42. The molecule has 0 aromatic carbocycles. The summed E-state index contributed by atoms with van der Waals surface area (Å²) in [5, 5.41) is 0. The molecule has 0 saturated heterocycles. The lowest BCUT2D eigenvalue weighted by Gasteiger charge is -2.44. The van der Waals surface area contributed by atoms with E-state index >= 15 is 0 Å². The maximum absolute atomic E-state index is 11.6. The van der Waals surface area contributed by atoms with Crippen LogP contribution in [0.25, 0.3) is 0 Å². The maximum Gasteiger partial charge on any atom is 0.327 e. The summed E-state index contributed by atoms with van der Waals surface area (Å²) in [6, 6.07) is 0. The average molecular weight is 218 g/mol. The van der Waals surface area contributed by atoms with Crippen molar-refractivity contribution in [2.24, 2.45) is 5.41 Å². The van der Waals surface area contributed by atoms with Gasteiger partial charge in [0.15, 0.2) is 14.6 Å². The van der Waals surface area contributed by atoms with Gasteiger partial charge in [0.1, 0.15) is 0 Å². The van der Waals surface area contributed by atoms with Gasteiger partial charge >= 0.3 is 5.97 Å². The average Bonchev–Trinajstić information content (AvgIpc) is 2.76. The van der Waals surface area contributed by atoms with Crippen LogP contribution < -0.4 is 0 Å². The smallest absolute Gasteiger partial charge is 0.327 e. The highest BCUT2D eigenvalue weighted by Gasteiger charge is 2.69. The van der Waals surface area contributed by atoms with E-state index in [0.29, 0.717) is 12.8 Å². The van der Waals surface area contributed by atoms with Crippen LogP contribution >= 0.6 is 0 Å². The second-order valence-corrected chi connectivity index (χ2v) is 6.94. The van der Waals surface area contributed by atoms with Gasteiger partial charge in [0.2, 0.25) is 0 Å². The highest BCUT2D eigenvalue weighted by molar-refractivity contribution is 7.93. The summed E-state index contributed by atoms with van der Waals surface area (Å²) in [6.45, 7) is 0. The minimum atomic E-state index is -3.34. The Kier molecular flexibility index (Phi) is 1.78. The molecule has 0 radical (unpaired) electrons. The third-order valence-electron chi connectivity index (χ3n) is 3.55. The molecule has 0 bridgehead atoms. The molecule has 0 N–H and O–H groups in total. The van der Waals surface area contributed by atoms with E-state index < -0.39 is 20.6 Å². The summed E-state index contributed by atoms with van der Waals surface area (Å²) in [4.78, 5) is 11.5. The van der Waals surface area contributed by atoms with Crippen LogP contribution in [-0.2, 0) is 19.4 Å². The quantitative estimate of drug-likeness (QED) is 0.634. The van der Waals surface area contributed by atoms with Crippen LogP contribution in [0.15, 0.2) is 0 Å². The lowest BCUT2D eigenvalue weighted by atomic mass is 9.71. The molecule has 0 atom stereocenters. The molecule has 2 rings (SSSR count). The van der Waals surface area contributed by atoms with Gasteiger partial charge in [-0.2, -0.15) is 0 Å². The van der Waals surface area contributed by atoms with Gasteiger partial charge in [-0.1, -0.05) is 0 Å². The number of carbonyl (C=O) groups is 1. The zero-order valence-electron chi connectivity index (χ0n) is 8.37. The second kappa shape index (κ2) is 2.51. The van der Waals surface area contributed by atoms with Crippen LogP contribution in [0.2, 0.25) is 0 Å². The Labute approximate surface area is 83.5 Å². The zero-order chi connectivity index (χ0) is 10.6. The molecule has 2 aliphatic carbocycles. The topological polar surface area (TPSA) is 60.4 Å². The van der Waals surface area contributed by atoms with Crippen LogP contribution in [0.4, 0.5) is 0 Å². The molecule has 0 unspecified atom stereocenters. The molecule has 80 valence electrons. The third kappa shape index (κ3) is 1.11. The highest BCUT2D eigenvalue weighted by Crippen LogP contribution is 2.67. The van der Waals surface area contributed by atoms with Crippen molar-refractivity contribution in [3.05, 3.63) is 0 Å². The number of ether oxygens (including phenoxy) is 1. The van der Waals surface area contributed by atoms with Gasteiger partial charge in [-0.15, -0.1) is 0 Å². The molecule has 5 heteroatoms. The zero-order valence-corrected chi connectivity index (χ0v) is 9.19. The van der Waals surface area contributed by atoms with Gasteiger partial charge in [-0.3, -0.25) is 4.79 Å². The van der Waals surface area contributed by atoms with E-state index in [2.05, 4.69) is 4.74 Å².